The van der Waals surface area contributed by atoms with E-state index < -0.39 is 34.8 Å². The highest BCUT2D eigenvalue weighted by atomic mass is 19.2. The Morgan fingerprint density at radius 1 is 1.27 bits per heavy atom. The molecule has 0 aliphatic carbocycles. The number of halogens is 3. The quantitative estimate of drug-likeness (QED) is 0.618. The number of nitrogens with one attached hydrogen (secondary N) is 1. The molecule has 0 amide bonds. The lowest BCUT2D eigenvalue weighted by Crippen LogP contribution is -2.31. The van der Waals surface area contributed by atoms with Crippen molar-refractivity contribution in [2.45, 2.75) is 13.0 Å². The zero-order valence-electron chi connectivity index (χ0n) is 8.27. The molecule has 2 nitrogen and oxygen atoms in total. The first-order valence-corrected chi connectivity index (χ1v) is 4.34. The van der Waals surface area contributed by atoms with Gasteiger partial charge in [0.15, 0.2) is 23.2 Å². The lowest BCUT2D eigenvalue weighted by Gasteiger charge is -2.09. The van der Waals surface area contributed by atoms with E-state index >= 15 is 0 Å². The van der Waals surface area contributed by atoms with Crippen LogP contribution in [-0.2, 0) is 0 Å². The maximum atomic E-state index is 13.1. The second-order valence-corrected chi connectivity index (χ2v) is 3.10. The van der Waals surface area contributed by atoms with Gasteiger partial charge in [0, 0.05) is 0 Å². The van der Waals surface area contributed by atoms with Gasteiger partial charge in [-0.1, -0.05) is 0 Å². The molecule has 0 bridgehead atoms. The molecule has 1 unspecified atom stereocenters. The Hall–Kier alpha value is -1.36. The van der Waals surface area contributed by atoms with Crippen LogP contribution in [0, 0.1) is 17.5 Å². The van der Waals surface area contributed by atoms with Crippen molar-refractivity contribution in [3.8, 4) is 0 Å². The maximum Gasteiger partial charge on any atom is 0.195 e. The van der Waals surface area contributed by atoms with Gasteiger partial charge in [0.2, 0.25) is 0 Å². The Kier molecular flexibility index (Phi) is 3.47. The molecule has 15 heavy (non-hydrogen) atoms. The molecule has 0 saturated heterocycles. The smallest absolute Gasteiger partial charge is 0.195 e. The van der Waals surface area contributed by atoms with Crippen LogP contribution in [0.15, 0.2) is 12.1 Å². The normalized spacial score (nSPS) is 12.6. The van der Waals surface area contributed by atoms with Crippen LogP contribution in [0.2, 0.25) is 0 Å². The van der Waals surface area contributed by atoms with E-state index in [-0.39, 0.29) is 0 Å². The van der Waals surface area contributed by atoms with Gasteiger partial charge in [-0.2, -0.15) is 0 Å². The minimum Gasteiger partial charge on any atom is -0.310 e. The van der Waals surface area contributed by atoms with Crippen LogP contribution in [0.3, 0.4) is 0 Å². The van der Waals surface area contributed by atoms with Gasteiger partial charge < -0.3 is 5.32 Å². The zero-order valence-corrected chi connectivity index (χ0v) is 8.27. The number of hydrogen-bond donors (Lipinski definition) is 1. The van der Waals surface area contributed by atoms with E-state index in [1.807, 2.05) is 0 Å². The Bertz CT molecular complexity index is 392. The Morgan fingerprint density at radius 2 is 1.87 bits per heavy atom. The van der Waals surface area contributed by atoms with Crippen LogP contribution in [0.5, 0.6) is 0 Å². The van der Waals surface area contributed by atoms with Gasteiger partial charge in [-0.3, -0.25) is 4.79 Å². The molecule has 1 aromatic rings. The second kappa shape index (κ2) is 4.44. The van der Waals surface area contributed by atoms with E-state index in [1.54, 1.807) is 0 Å². The van der Waals surface area contributed by atoms with E-state index in [1.165, 1.54) is 14.0 Å². The van der Waals surface area contributed by atoms with Crippen LogP contribution in [0.4, 0.5) is 13.2 Å². The average molecular weight is 217 g/mol. The van der Waals surface area contributed by atoms with E-state index in [9.17, 15) is 18.0 Å². The summed E-state index contributed by atoms with van der Waals surface area (Å²) in [6.45, 7) is 1.50. The van der Waals surface area contributed by atoms with Crippen molar-refractivity contribution in [2.24, 2.45) is 0 Å². The van der Waals surface area contributed by atoms with Gasteiger partial charge in [-0.25, -0.2) is 13.2 Å². The van der Waals surface area contributed by atoms with Crippen molar-refractivity contribution in [3.63, 3.8) is 0 Å². The van der Waals surface area contributed by atoms with Crippen LogP contribution in [0.1, 0.15) is 17.3 Å². The summed E-state index contributed by atoms with van der Waals surface area (Å²) in [4.78, 5) is 11.5. The molecule has 1 aromatic carbocycles. The largest absolute Gasteiger partial charge is 0.310 e. The summed E-state index contributed by atoms with van der Waals surface area (Å²) in [6, 6.07) is 1.02. The fourth-order valence-corrected chi connectivity index (χ4v) is 1.08. The monoisotopic (exact) mass is 217 g/mol. The number of Topliss-reactive ketones (excluding diaryl/α,β-unsaturated/α-hetero) is 1. The topological polar surface area (TPSA) is 29.1 Å². The number of carbonyl (C=O) groups is 1. The molecule has 0 aliphatic heterocycles. The first-order valence-electron chi connectivity index (χ1n) is 4.34. The minimum absolute atomic E-state index is 0.448. The van der Waals surface area contributed by atoms with Gasteiger partial charge in [0.05, 0.1) is 11.6 Å². The Morgan fingerprint density at radius 3 is 2.40 bits per heavy atom. The lowest BCUT2D eigenvalue weighted by atomic mass is 10.0. The van der Waals surface area contributed by atoms with Crippen LogP contribution < -0.4 is 5.32 Å². The molecular formula is C10H10F3NO. The molecule has 0 radical (unpaired) electrons. The van der Waals surface area contributed by atoms with Crippen molar-refractivity contribution < 1.29 is 18.0 Å². The number of likely N-dealkylation sites (N-methyl/N-ethyl adjacent to an activating group) is 1. The first-order chi connectivity index (χ1) is 6.99. The van der Waals surface area contributed by atoms with Gasteiger partial charge in [0.25, 0.3) is 0 Å². The van der Waals surface area contributed by atoms with Crippen LogP contribution >= 0.6 is 0 Å². The lowest BCUT2D eigenvalue weighted by molar-refractivity contribution is 0.0949. The molecule has 0 aliphatic rings. The second-order valence-electron chi connectivity index (χ2n) is 3.10. The molecule has 0 aromatic heterocycles. The molecule has 0 heterocycles. The number of ketones is 1. The highest BCUT2D eigenvalue weighted by Crippen LogP contribution is 2.16. The van der Waals surface area contributed by atoms with E-state index in [0.29, 0.717) is 0 Å². The highest BCUT2D eigenvalue weighted by molar-refractivity contribution is 6.00. The van der Waals surface area contributed by atoms with Gasteiger partial charge >= 0.3 is 0 Å². The van der Waals surface area contributed by atoms with Crippen molar-refractivity contribution in [1.82, 2.24) is 5.32 Å². The fourth-order valence-electron chi connectivity index (χ4n) is 1.08. The first kappa shape index (κ1) is 11.7. The summed E-state index contributed by atoms with van der Waals surface area (Å²) in [5.41, 5.74) is -0.448. The fraction of sp³-hybridized carbons (Fsp3) is 0.300. The van der Waals surface area contributed by atoms with E-state index in [0.717, 1.165) is 12.1 Å². The van der Waals surface area contributed by atoms with E-state index in [2.05, 4.69) is 5.32 Å². The third-order valence-corrected chi connectivity index (χ3v) is 2.13. The third-order valence-electron chi connectivity index (χ3n) is 2.13. The van der Waals surface area contributed by atoms with Crippen LogP contribution in [-0.4, -0.2) is 18.9 Å². The zero-order chi connectivity index (χ0) is 11.6. The van der Waals surface area contributed by atoms with Crippen molar-refractivity contribution in [2.75, 3.05) is 7.05 Å². The van der Waals surface area contributed by atoms with Crippen molar-refractivity contribution >= 4 is 5.78 Å². The summed E-state index contributed by atoms with van der Waals surface area (Å²) in [6.07, 6.45) is 0. The van der Waals surface area contributed by atoms with Gasteiger partial charge in [-0.05, 0) is 26.1 Å². The SMILES string of the molecule is CNC(C)C(=O)c1ccc(F)c(F)c1F. The number of benzene rings is 1. The molecule has 5 heteroatoms. The van der Waals surface area contributed by atoms with Gasteiger partial charge in [-0.15, -0.1) is 0 Å². The molecule has 1 atom stereocenters. The standard InChI is InChI=1S/C10H10F3NO/c1-5(14-2)10(15)6-3-4-7(11)9(13)8(6)12/h3-5,14H,1-2H3. The Labute approximate surface area is 85.1 Å². The number of carbonyl (C=O) groups excluding carboxylic acids is 1. The molecule has 0 fully saturated rings. The molecule has 0 saturated carbocycles. The highest BCUT2D eigenvalue weighted by Gasteiger charge is 2.21. The summed E-state index contributed by atoms with van der Waals surface area (Å²) >= 11 is 0. The molecule has 1 rings (SSSR count). The summed E-state index contributed by atoms with van der Waals surface area (Å²) in [7, 11) is 1.51. The predicted molar refractivity (Wildman–Crippen MR) is 49.2 cm³/mol. The third kappa shape index (κ3) is 2.18. The summed E-state index contributed by atoms with van der Waals surface area (Å²) in [5, 5.41) is 2.59. The molecular weight excluding hydrogens is 207 g/mol. The molecule has 82 valence electrons. The average Bonchev–Trinajstić information content (AvgIpc) is 2.24. The summed E-state index contributed by atoms with van der Waals surface area (Å²) in [5.74, 6) is -4.98. The van der Waals surface area contributed by atoms with Gasteiger partial charge in [0.1, 0.15) is 0 Å². The van der Waals surface area contributed by atoms with Crippen LogP contribution in [0.25, 0.3) is 0 Å². The van der Waals surface area contributed by atoms with Crippen molar-refractivity contribution in [3.05, 3.63) is 35.1 Å². The number of rotatable bonds is 3. The predicted octanol–water partition coefficient (Wildman–Crippen LogP) is 1.89. The maximum absolute atomic E-state index is 13.1. The minimum atomic E-state index is -1.62. The van der Waals surface area contributed by atoms with E-state index in [4.69, 9.17) is 0 Å². The van der Waals surface area contributed by atoms with Crippen molar-refractivity contribution in [1.29, 1.82) is 0 Å². The molecule has 0 spiro atoms. The summed E-state index contributed by atoms with van der Waals surface area (Å²) < 4.78 is 38.5. The Balaban J connectivity index is 3.16. The molecule has 1 N–H and O–H groups in total. The number of hydrogen-bond acceptors (Lipinski definition) is 2.